The van der Waals surface area contributed by atoms with Gasteiger partial charge < -0.3 is 14.3 Å². The molecular weight excluding hydrogens is 296 g/mol. The van der Waals surface area contributed by atoms with Gasteiger partial charge in [0.15, 0.2) is 5.82 Å². The molecule has 0 spiro atoms. The quantitative estimate of drug-likeness (QED) is 0.788. The van der Waals surface area contributed by atoms with Crippen LogP contribution >= 0.6 is 0 Å². The SMILES string of the molecule is CC(C)Cc1nc(CN(C)C(=O)C2CC(=O)N(C3CC3)C2)no1. The predicted molar refractivity (Wildman–Crippen MR) is 82.2 cm³/mol. The molecule has 126 valence electrons. The van der Waals surface area contributed by atoms with E-state index >= 15 is 0 Å². The van der Waals surface area contributed by atoms with Crippen molar-refractivity contribution in [3.05, 3.63) is 11.7 Å². The summed E-state index contributed by atoms with van der Waals surface area (Å²) < 4.78 is 5.19. The van der Waals surface area contributed by atoms with Crippen LogP contribution in [0, 0.1) is 11.8 Å². The maximum absolute atomic E-state index is 12.5. The van der Waals surface area contributed by atoms with Crippen molar-refractivity contribution in [3.63, 3.8) is 0 Å². The van der Waals surface area contributed by atoms with Gasteiger partial charge in [0.2, 0.25) is 17.7 Å². The minimum Gasteiger partial charge on any atom is -0.339 e. The molecule has 7 heteroatoms. The second kappa shape index (κ2) is 6.29. The third-order valence-electron chi connectivity index (χ3n) is 4.34. The maximum atomic E-state index is 12.5. The number of carbonyl (C=O) groups is 2. The van der Waals surface area contributed by atoms with E-state index in [1.807, 2.05) is 4.90 Å². The fourth-order valence-electron chi connectivity index (χ4n) is 3.02. The fraction of sp³-hybridized carbons (Fsp3) is 0.750. The van der Waals surface area contributed by atoms with Gasteiger partial charge in [0.1, 0.15) is 0 Å². The molecule has 0 bridgehead atoms. The summed E-state index contributed by atoms with van der Waals surface area (Å²) in [5.41, 5.74) is 0. The Kier molecular flexibility index (Phi) is 4.37. The van der Waals surface area contributed by atoms with Crippen molar-refractivity contribution in [2.24, 2.45) is 11.8 Å². The molecule has 2 aliphatic rings. The highest BCUT2D eigenvalue weighted by Crippen LogP contribution is 2.33. The summed E-state index contributed by atoms with van der Waals surface area (Å²) in [6, 6.07) is 0.376. The summed E-state index contributed by atoms with van der Waals surface area (Å²) in [4.78, 5) is 32.3. The molecular formula is C16H24N4O3. The number of nitrogens with zero attached hydrogens (tertiary/aromatic N) is 4. The van der Waals surface area contributed by atoms with Crippen molar-refractivity contribution in [1.82, 2.24) is 19.9 Å². The molecule has 1 aromatic heterocycles. The summed E-state index contributed by atoms with van der Waals surface area (Å²) in [5.74, 6) is 1.41. The number of likely N-dealkylation sites (tertiary alicyclic amines) is 1. The highest BCUT2D eigenvalue weighted by molar-refractivity contribution is 5.89. The van der Waals surface area contributed by atoms with Crippen LogP contribution in [0.4, 0.5) is 0 Å². The summed E-state index contributed by atoms with van der Waals surface area (Å²) in [5, 5.41) is 3.93. The first kappa shape index (κ1) is 16.0. The largest absolute Gasteiger partial charge is 0.339 e. The molecule has 0 aromatic carbocycles. The van der Waals surface area contributed by atoms with Crippen LogP contribution in [0.2, 0.25) is 0 Å². The van der Waals surface area contributed by atoms with Crippen LogP contribution in [0.3, 0.4) is 0 Å². The molecule has 1 unspecified atom stereocenters. The van der Waals surface area contributed by atoms with Crippen LogP contribution in [0.15, 0.2) is 4.52 Å². The maximum Gasteiger partial charge on any atom is 0.228 e. The lowest BCUT2D eigenvalue weighted by atomic mass is 10.1. The molecule has 2 amide bonds. The van der Waals surface area contributed by atoms with Crippen molar-refractivity contribution in [2.45, 2.75) is 52.1 Å². The van der Waals surface area contributed by atoms with E-state index in [0.717, 1.165) is 19.3 Å². The Morgan fingerprint density at radius 2 is 2.17 bits per heavy atom. The van der Waals surface area contributed by atoms with Crippen molar-refractivity contribution in [1.29, 1.82) is 0 Å². The number of hydrogen-bond donors (Lipinski definition) is 0. The molecule has 1 saturated heterocycles. The van der Waals surface area contributed by atoms with Crippen molar-refractivity contribution in [3.8, 4) is 0 Å². The van der Waals surface area contributed by atoms with E-state index < -0.39 is 0 Å². The Labute approximate surface area is 136 Å². The van der Waals surface area contributed by atoms with E-state index in [9.17, 15) is 9.59 Å². The molecule has 23 heavy (non-hydrogen) atoms. The lowest BCUT2D eigenvalue weighted by Crippen LogP contribution is -2.35. The smallest absolute Gasteiger partial charge is 0.228 e. The predicted octanol–water partition coefficient (Wildman–Crippen LogP) is 1.24. The molecule has 1 aromatic rings. The van der Waals surface area contributed by atoms with Crippen molar-refractivity contribution >= 4 is 11.8 Å². The van der Waals surface area contributed by atoms with Gasteiger partial charge in [0, 0.05) is 32.5 Å². The van der Waals surface area contributed by atoms with E-state index in [0.29, 0.717) is 43.2 Å². The second-order valence-electron chi connectivity index (χ2n) is 7.07. The average molecular weight is 320 g/mol. The zero-order valence-corrected chi connectivity index (χ0v) is 14.0. The molecule has 7 nitrogen and oxygen atoms in total. The first-order valence-electron chi connectivity index (χ1n) is 8.30. The molecule has 1 aliphatic carbocycles. The van der Waals surface area contributed by atoms with Gasteiger partial charge in [-0.05, 0) is 18.8 Å². The molecule has 0 N–H and O–H groups in total. The van der Waals surface area contributed by atoms with Gasteiger partial charge in [-0.1, -0.05) is 19.0 Å². The topological polar surface area (TPSA) is 79.5 Å². The lowest BCUT2D eigenvalue weighted by Gasteiger charge is -2.20. The van der Waals surface area contributed by atoms with Crippen molar-refractivity contribution < 1.29 is 14.1 Å². The Hall–Kier alpha value is -1.92. The first-order valence-corrected chi connectivity index (χ1v) is 8.30. The third kappa shape index (κ3) is 3.71. The Morgan fingerprint density at radius 3 is 2.83 bits per heavy atom. The standard InChI is InChI=1S/C16H24N4O3/c1-10(2)6-14-17-13(18-23-14)9-19(3)16(22)11-7-15(21)20(8-11)12-4-5-12/h10-12H,4-9H2,1-3H3. The van der Waals surface area contributed by atoms with Gasteiger partial charge >= 0.3 is 0 Å². The monoisotopic (exact) mass is 320 g/mol. The summed E-state index contributed by atoms with van der Waals surface area (Å²) in [6.07, 6.45) is 3.20. The van der Waals surface area contributed by atoms with E-state index in [2.05, 4.69) is 24.0 Å². The number of hydrogen-bond acceptors (Lipinski definition) is 5. The van der Waals surface area contributed by atoms with Gasteiger partial charge in [0.05, 0.1) is 12.5 Å². The highest BCUT2D eigenvalue weighted by Gasteiger charge is 2.42. The number of amides is 2. The van der Waals surface area contributed by atoms with E-state index in [1.54, 1.807) is 11.9 Å². The van der Waals surface area contributed by atoms with Crippen LogP contribution in [0.5, 0.6) is 0 Å². The van der Waals surface area contributed by atoms with Crippen LogP contribution in [0.1, 0.15) is 44.8 Å². The van der Waals surface area contributed by atoms with Crippen LogP contribution in [-0.2, 0) is 22.6 Å². The first-order chi connectivity index (χ1) is 10.9. The van der Waals surface area contributed by atoms with Gasteiger partial charge in [-0.3, -0.25) is 9.59 Å². The van der Waals surface area contributed by atoms with Gasteiger partial charge in [0.25, 0.3) is 0 Å². The average Bonchev–Trinajstić information content (AvgIpc) is 3.12. The van der Waals surface area contributed by atoms with Gasteiger partial charge in [-0.2, -0.15) is 4.98 Å². The normalized spacial score (nSPS) is 21.3. The summed E-state index contributed by atoms with van der Waals surface area (Å²) in [7, 11) is 1.73. The number of aromatic nitrogens is 2. The second-order valence-corrected chi connectivity index (χ2v) is 7.07. The zero-order valence-electron chi connectivity index (χ0n) is 14.0. The molecule has 2 fully saturated rings. The Bertz CT molecular complexity index is 594. The molecule has 3 rings (SSSR count). The molecule has 1 saturated carbocycles. The van der Waals surface area contributed by atoms with E-state index in [4.69, 9.17) is 4.52 Å². The molecule has 1 aliphatic heterocycles. The summed E-state index contributed by atoms with van der Waals surface area (Å²) >= 11 is 0. The zero-order chi connectivity index (χ0) is 16.6. The third-order valence-corrected chi connectivity index (χ3v) is 4.34. The lowest BCUT2D eigenvalue weighted by molar-refractivity contribution is -0.135. The van der Waals surface area contributed by atoms with Crippen molar-refractivity contribution in [2.75, 3.05) is 13.6 Å². The minimum atomic E-state index is -0.241. The molecule has 2 heterocycles. The molecule has 0 radical (unpaired) electrons. The number of carbonyl (C=O) groups excluding carboxylic acids is 2. The van der Waals surface area contributed by atoms with Crippen LogP contribution in [0.25, 0.3) is 0 Å². The van der Waals surface area contributed by atoms with Crippen LogP contribution < -0.4 is 0 Å². The van der Waals surface area contributed by atoms with Gasteiger partial charge in [-0.25, -0.2) is 0 Å². The molecule has 1 atom stereocenters. The fourth-order valence-corrected chi connectivity index (χ4v) is 3.02. The highest BCUT2D eigenvalue weighted by atomic mass is 16.5. The minimum absolute atomic E-state index is 0.0169. The summed E-state index contributed by atoms with van der Waals surface area (Å²) in [6.45, 7) is 5.04. The van der Waals surface area contributed by atoms with E-state index in [1.165, 1.54) is 0 Å². The Morgan fingerprint density at radius 1 is 1.43 bits per heavy atom. The number of rotatable bonds is 6. The van der Waals surface area contributed by atoms with E-state index in [-0.39, 0.29) is 17.7 Å². The Balaban J connectivity index is 1.55. The van der Waals surface area contributed by atoms with Crippen LogP contribution in [-0.4, -0.2) is 51.4 Å². The van der Waals surface area contributed by atoms with Gasteiger partial charge in [-0.15, -0.1) is 0 Å².